The quantitative estimate of drug-likeness (QED) is 0.727. The number of likely N-dealkylation sites (tertiary alicyclic amines) is 1. The highest BCUT2D eigenvalue weighted by atomic mass is 16.1. The lowest BCUT2D eigenvalue weighted by atomic mass is 9.87. The first-order valence-corrected chi connectivity index (χ1v) is 10.3. The summed E-state index contributed by atoms with van der Waals surface area (Å²) in [6, 6.07) is 16.9. The van der Waals surface area contributed by atoms with Gasteiger partial charge in [0.05, 0.1) is 0 Å². The minimum absolute atomic E-state index is 0.0685. The third kappa shape index (κ3) is 6.07. The van der Waals surface area contributed by atoms with Crippen molar-refractivity contribution in [3.8, 4) is 0 Å². The van der Waals surface area contributed by atoms with Crippen molar-refractivity contribution < 1.29 is 4.79 Å². The first-order valence-electron chi connectivity index (χ1n) is 10.3. The lowest BCUT2D eigenvalue weighted by molar-refractivity contribution is -0.116. The van der Waals surface area contributed by atoms with Gasteiger partial charge in [-0.2, -0.15) is 0 Å². The van der Waals surface area contributed by atoms with Gasteiger partial charge in [-0.1, -0.05) is 69.3 Å². The first-order chi connectivity index (χ1) is 13.4. The van der Waals surface area contributed by atoms with Crippen LogP contribution in [0, 0.1) is 0 Å². The van der Waals surface area contributed by atoms with Crippen LogP contribution >= 0.6 is 0 Å². The number of nitrogens with zero attached hydrogens (tertiary/aromatic N) is 1. The Morgan fingerprint density at radius 3 is 2.18 bits per heavy atom. The van der Waals surface area contributed by atoms with Crippen LogP contribution in [0.3, 0.4) is 0 Å². The molecule has 3 heteroatoms. The zero-order valence-corrected chi connectivity index (χ0v) is 17.4. The summed E-state index contributed by atoms with van der Waals surface area (Å²) in [5.41, 5.74) is 4.94. The Morgan fingerprint density at radius 2 is 1.57 bits per heavy atom. The SMILES string of the molecule is CC(C)(C)c1ccc(/C=C/C(=O)NCc2ccc(CN3CCCC3)cc2)cc1. The largest absolute Gasteiger partial charge is 0.348 e. The maximum atomic E-state index is 12.1. The minimum atomic E-state index is -0.0685. The van der Waals surface area contributed by atoms with Crippen molar-refractivity contribution in [1.29, 1.82) is 0 Å². The molecule has 0 radical (unpaired) electrons. The average molecular weight is 377 g/mol. The summed E-state index contributed by atoms with van der Waals surface area (Å²) in [4.78, 5) is 14.6. The Hall–Kier alpha value is -2.39. The highest BCUT2D eigenvalue weighted by Gasteiger charge is 2.13. The van der Waals surface area contributed by atoms with Crippen LogP contribution in [0.25, 0.3) is 6.08 Å². The third-order valence-electron chi connectivity index (χ3n) is 5.30. The first kappa shape index (κ1) is 20.3. The highest BCUT2D eigenvalue weighted by Crippen LogP contribution is 2.22. The highest BCUT2D eigenvalue weighted by molar-refractivity contribution is 5.91. The fourth-order valence-corrected chi connectivity index (χ4v) is 3.48. The molecule has 1 fully saturated rings. The van der Waals surface area contributed by atoms with Crippen LogP contribution in [0.2, 0.25) is 0 Å². The Morgan fingerprint density at radius 1 is 0.964 bits per heavy atom. The summed E-state index contributed by atoms with van der Waals surface area (Å²) in [6.07, 6.45) is 6.10. The topological polar surface area (TPSA) is 32.3 Å². The van der Waals surface area contributed by atoms with E-state index >= 15 is 0 Å². The lowest BCUT2D eigenvalue weighted by Gasteiger charge is -2.18. The molecule has 1 N–H and O–H groups in total. The van der Waals surface area contributed by atoms with Crippen molar-refractivity contribution in [3.63, 3.8) is 0 Å². The number of hydrogen-bond acceptors (Lipinski definition) is 2. The van der Waals surface area contributed by atoms with Gasteiger partial charge in [-0.05, 0) is 59.7 Å². The molecule has 1 aliphatic heterocycles. The molecule has 2 aromatic carbocycles. The number of carbonyl (C=O) groups is 1. The zero-order chi connectivity index (χ0) is 20.0. The smallest absolute Gasteiger partial charge is 0.244 e. The average Bonchev–Trinajstić information content (AvgIpc) is 3.18. The Labute approximate surface area is 169 Å². The number of hydrogen-bond donors (Lipinski definition) is 1. The van der Waals surface area contributed by atoms with E-state index in [1.54, 1.807) is 6.08 Å². The number of carbonyl (C=O) groups excluding carboxylic acids is 1. The van der Waals surface area contributed by atoms with Crippen LogP contribution in [0.1, 0.15) is 55.9 Å². The van der Waals surface area contributed by atoms with E-state index in [1.807, 2.05) is 6.08 Å². The molecule has 1 saturated heterocycles. The standard InChI is InChI=1S/C25H32N2O/c1-25(2,3)23-13-10-20(11-14-23)12-15-24(28)26-18-21-6-8-22(9-7-21)19-27-16-4-5-17-27/h6-15H,4-5,16-19H2,1-3H3,(H,26,28)/b15-12+. The molecule has 0 saturated carbocycles. The second-order valence-electron chi connectivity index (χ2n) is 8.72. The molecule has 1 heterocycles. The monoisotopic (exact) mass is 376 g/mol. The van der Waals surface area contributed by atoms with E-state index < -0.39 is 0 Å². The van der Waals surface area contributed by atoms with E-state index in [0.717, 1.165) is 17.7 Å². The molecule has 3 rings (SSSR count). The van der Waals surface area contributed by atoms with Crippen molar-refractivity contribution in [2.45, 2.75) is 52.1 Å². The number of nitrogens with one attached hydrogen (secondary N) is 1. The fraction of sp³-hybridized carbons (Fsp3) is 0.400. The summed E-state index contributed by atoms with van der Waals surface area (Å²) in [7, 11) is 0. The second-order valence-corrected chi connectivity index (χ2v) is 8.72. The molecular formula is C25H32N2O. The van der Waals surface area contributed by atoms with Crippen molar-refractivity contribution in [2.75, 3.05) is 13.1 Å². The predicted octanol–water partition coefficient (Wildman–Crippen LogP) is 4.91. The summed E-state index contributed by atoms with van der Waals surface area (Å²) < 4.78 is 0. The van der Waals surface area contributed by atoms with Gasteiger partial charge in [-0.15, -0.1) is 0 Å². The summed E-state index contributed by atoms with van der Waals surface area (Å²) in [5.74, 6) is -0.0685. The van der Waals surface area contributed by atoms with E-state index in [0.29, 0.717) is 6.54 Å². The van der Waals surface area contributed by atoms with Crippen LogP contribution in [0.15, 0.2) is 54.6 Å². The molecule has 0 atom stereocenters. The van der Waals surface area contributed by atoms with Gasteiger partial charge < -0.3 is 5.32 Å². The zero-order valence-electron chi connectivity index (χ0n) is 17.4. The molecule has 3 nitrogen and oxygen atoms in total. The molecule has 0 bridgehead atoms. The molecule has 0 spiro atoms. The van der Waals surface area contributed by atoms with E-state index in [1.165, 1.54) is 37.1 Å². The van der Waals surface area contributed by atoms with Gasteiger partial charge in [-0.3, -0.25) is 9.69 Å². The predicted molar refractivity (Wildman–Crippen MR) is 117 cm³/mol. The Bertz CT molecular complexity index is 792. The van der Waals surface area contributed by atoms with Crippen molar-refractivity contribution in [3.05, 3.63) is 76.9 Å². The van der Waals surface area contributed by atoms with Crippen LogP contribution in [0.4, 0.5) is 0 Å². The van der Waals surface area contributed by atoms with E-state index in [4.69, 9.17) is 0 Å². The fourth-order valence-electron chi connectivity index (χ4n) is 3.48. The van der Waals surface area contributed by atoms with Crippen LogP contribution in [-0.4, -0.2) is 23.9 Å². The van der Waals surface area contributed by atoms with Gasteiger partial charge in [-0.25, -0.2) is 0 Å². The summed E-state index contributed by atoms with van der Waals surface area (Å²) in [6.45, 7) is 10.6. The van der Waals surface area contributed by atoms with Gasteiger partial charge in [0.2, 0.25) is 5.91 Å². The molecule has 0 aromatic heterocycles. The molecule has 28 heavy (non-hydrogen) atoms. The maximum Gasteiger partial charge on any atom is 0.244 e. The number of amides is 1. The van der Waals surface area contributed by atoms with Crippen molar-refractivity contribution in [1.82, 2.24) is 10.2 Å². The Kier molecular flexibility index (Phi) is 6.69. The van der Waals surface area contributed by atoms with Gasteiger partial charge in [0.25, 0.3) is 0 Å². The molecular weight excluding hydrogens is 344 g/mol. The normalized spacial score (nSPS) is 15.2. The van der Waals surface area contributed by atoms with E-state index in [9.17, 15) is 4.79 Å². The molecule has 148 valence electrons. The second kappa shape index (κ2) is 9.20. The molecule has 0 aliphatic carbocycles. The summed E-state index contributed by atoms with van der Waals surface area (Å²) in [5, 5.41) is 2.96. The van der Waals surface area contributed by atoms with Gasteiger partial charge >= 0.3 is 0 Å². The van der Waals surface area contributed by atoms with Crippen molar-refractivity contribution in [2.24, 2.45) is 0 Å². The van der Waals surface area contributed by atoms with Gasteiger partial charge in [0.1, 0.15) is 0 Å². The van der Waals surface area contributed by atoms with E-state index in [2.05, 4.69) is 79.5 Å². The van der Waals surface area contributed by atoms with Crippen LogP contribution < -0.4 is 5.32 Å². The Balaban J connectivity index is 1.46. The minimum Gasteiger partial charge on any atom is -0.348 e. The van der Waals surface area contributed by atoms with Crippen LogP contribution in [-0.2, 0) is 23.3 Å². The molecule has 0 unspecified atom stereocenters. The van der Waals surface area contributed by atoms with Gasteiger partial charge in [0, 0.05) is 19.2 Å². The molecule has 2 aromatic rings. The van der Waals surface area contributed by atoms with Crippen molar-refractivity contribution >= 4 is 12.0 Å². The van der Waals surface area contributed by atoms with E-state index in [-0.39, 0.29) is 11.3 Å². The third-order valence-corrected chi connectivity index (χ3v) is 5.30. The number of rotatable bonds is 6. The number of benzene rings is 2. The van der Waals surface area contributed by atoms with Crippen LogP contribution in [0.5, 0.6) is 0 Å². The van der Waals surface area contributed by atoms with Gasteiger partial charge in [0.15, 0.2) is 0 Å². The molecule has 1 aliphatic rings. The maximum absolute atomic E-state index is 12.1. The summed E-state index contributed by atoms with van der Waals surface area (Å²) >= 11 is 0. The lowest BCUT2D eigenvalue weighted by Crippen LogP contribution is -2.20. The molecule has 1 amide bonds.